The van der Waals surface area contributed by atoms with E-state index in [1.54, 1.807) is 35.1 Å². The third kappa shape index (κ3) is 4.08. The quantitative estimate of drug-likeness (QED) is 0.622. The standard InChI is InChI=1S/C21H20F3N7O3/c1-29(19(33)28-13-4-15(8-26-7-13)34-21(22,23)24)14-5-20(6-14)11-30(12-20)18(32)16-9-27-31-3-2-25-10-17(16)31/h2-4,7-10,14H,5-6,11-12H2,1H3,(H,28,33). The Balaban J connectivity index is 1.13. The van der Waals surface area contributed by atoms with Gasteiger partial charge >= 0.3 is 12.4 Å². The fourth-order valence-corrected chi connectivity index (χ4v) is 4.60. The molecule has 5 rings (SSSR count). The number of fused-ring (bicyclic) bond motifs is 1. The first-order valence-corrected chi connectivity index (χ1v) is 10.4. The van der Waals surface area contributed by atoms with Crippen LogP contribution < -0.4 is 10.1 Å². The first-order chi connectivity index (χ1) is 16.1. The zero-order valence-electron chi connectivity index (χ0n) is 18.0. The topological polar surface area (TPSA) is 105 Å². The Kier molecular flexibility index (Phi) is 5.06. The summed E-state index contributed by atoms with van der Waals surface area (Å²) >= 11 is 0. The molecule has 0 radical (unpaired) electrons. The van der Waals surface area contributed by atoms with Gasteiger partial charge < -0.3 is 19.9 Å². The van der Waals surface area contributed by atoms with E-state index < -0.39 is 18.1 Å². The van der Waals surface area contributed by atoms with Crippen molar-refractivity contribution in [1.82, 2.24) is 29.4 Å². The highest BCUT2D eigenvalue weighted by Gasteiger charge is 2.55. The molecule has 2 aliphatic rings. The van der Waals surface area contributed by atoms with Gasteiger partial charge in [0.15, 0.2) is 0 Å². The maximum atomic E-state index is 12.9. The van der Waals surface area contributed by atoms with Crippen LogP contribution in [0.3, 0.4) is 0 Å². The van der Waals surface area contributed by atoms with Crippen LogP contribution in [0.4, 0.5) is 23.7 Å². The average molecular weight is 475 g/mol. The molecular weight excluding hydrogens is 455 g/mol. The summed E-state index contributed by atoms with van der Waals surface area (Å²) in [5, 5.41) is 6.71. The molecule has 1 saturated heterocycles. The predicted octanol–water partition coefficient (Wildman–Crippen LogP) is 2.79. The maximum absolute atomic E-state index is 12.9. The fourth-order valence-electron chi connectivity index (χ4n) is 4.60. The van der Waals surface area contributed by atoms with Crippen molar-refractivity contribution in [2.24, 2.45) is 5.41 Å². The highest BCUT2D eigenvalue weighted by molar-refractivity contribution is 6.01. The van der Waals surface area contributed by atoms with Crippen molar-refractivity contribution in [3.63, 3.8) is 0 Å². The number of rotatable bonds is 4. The lowest BCUT2D eigenvalue weighted by Crippen LogP contribution is -2.67. The molecule has 3 aromatic rings. The number of hydrogen-bond donors (Lipinski definition) is 1. The SMILES string of the molecule is CN(C(=O)Nc1cncc(OC(F)(F)F)c1)C1CC2(C1)CN(C(=O)c1cnn3ccncc13)C2. The van der Waals surface area contributed by atoms with E-state index in [9.17, 15) is 22.8 Å². The number of hydrogen-bond acceptors (Lipinski definition) is 6. The average Bonchev–Trinajstić information content (AvgIpc) is 3.14. The van der Waals surface area contributed by atoms with Crippen LogP contribution in [0.1, 0.15) is 23.2 Å². The number of nitrogens with zero attached hydrogens (tertiary/aromatic N) is 6. The molecule has 2 fully saturated rings. The van der Waals surface area contributed by atoms with Gasteiger partial charge in [-0.3, -0.25) is 14.8 Å². The number of anilines is 1. The Hall–Kier alpha value is -3.90. The number of pyridine rings is 1. The minimum Gasteiger partial charge on any atom is -0.404 e. The van der Waals surface area contributed by atoms with Crippen molar-refractivity contribution in [3.8, 4) is 5.75 Å². The molecule has 34 heavy (non-hydrogen) atoms. The number of aromatic nitrogens is 4. The number of nitrogens with one attached hydrogen (secondary N) is 1. The minimum atomic E-state index is -4.85. The second-order valence-electron chi connectivity index (χ2n) is 8.69. The van der Waals surface area contributed by atoms with Gasteiger partial charge in [0, 0.05) is 50.1 Å². The first-order valence-electron chi connectivity index (χ1n) is 10.4. The monoisotopic (exact) mass is 475 g/mol. The molecule has 1 aliphatic carbocycles. The second-order valence-corrected chi connectivity index (χ2v) is 8.69. The van der Waals surface area contributed by atoms with Crippen molar-refractivity contribution in [1.29, 1.82) is 0 Å². The van der Waals surface area contributed by atoms with Crippen LogP contribution in [0.5, 0.6) is 5.75 Å². The molecule has 0 atom stereocenters. The van der Waals surface area contributed by atoms with Gasteiger partial charge in [0.05, 0.1) is 41.6 Å². The Morgan fingerprint density at radius 1 is 1.18 bits per heavy atom. The number of halogens is 3. The van der Waals surface area contributed by atoms with E-state index in [0.29, 0.717) is 24.2 Å². The van der Waals surface area contributed by atoms with E-state index in [0.717, 1.165) is 25.1 Å². The van der Waals surface area contributed by atoms with Crippen LogP contribution in [0.2, 0.25) is 0 Å². The van der Waals surface area contributed by atoms with Crippen molar-refractivity contribution >= 4 is 23.1 Å². The van der Waals surface area contributed by atoms with Crippen LogP contribution in [-0.4, -0.2) is 73.9 Å². The number of likely N-dealkylation sites (tertiary alicyclic amines) is 1. The van der Waals surface area contributed by atoms with Gasteiger partial charge in [-0.15, -0.1) is 13.2 Å². The van der Waals surface area contributed by atoms with Crippen molar-refractivity contribution < 1.29 is 27.5 Å². The molecule has 1 saturated carbocycles. The van der Waals surface area contributed by atoms with Gasteiger partial charge in [-0.2, -0.15) is 5.10 Å². The van der Waals surface area contributed by atoms with E-state index in [1.807, 2.05) is 0 Å². The number of urea groups is 1. The molecule has 3 aromatic heterocycles. The molecule has 178 valence electrons. The van der Waals surface area contributed by atoms with E-state index in [1.165, 1.54) is 17.3 Å². The van der Waals surface area contributed by atoms with Gasteiger partial charge in [0.25, 0.3) is 5.91 Å². The van der Waals surface area contributed by atoms with Gasteiger partial charge in [-0.05, 0) is 12.8 Å². The lowest BCUT2D eigenvalue weighted by molar-refractivity contribution is -0.274. The number of amides is 3. The Bertz CT molecular complexity index is 1250. The summed E-state index contributed by atoms with van der Waals surface area (Å²) in [4.78, 5) is 36.4. The van der Waals surface area contributed by atoms with Crippen LogP contribution in [0.15, 0.2) is 43.2 Å². The summed E-state index contributed by atoms with van der Waals surface area (Å²) in [6.07, 6.45) is 5.17. The zero-order valence-corrected chi connectivity index (χ0v) is 18.0. The second kappa shape index (κ2) is 7.85. The van der Waals surface area contributed by atoms with Crippen LogP contribution in [0.25, 0.3) is 5.52 Å². The van der Waals surface area contributed by atoms with Crippen LogP contribution in [-0.2, 0) is 0 Å². The molecule has 3 amide bonds. The highest BCUT2D eigenvalue weighted by atomic mass is 19.4. The summed E-state index contributed by atoms with van der Waals surface area (Å²) in [5.74, 6) is -0.617. The molecule has 0 aromatic carbocycles. The highest BCUT2D eigenvalue weighted by Crippen LogP contribution is 2.50. The lowest BCUT2D eigenvalue weighted by atomic mass is 9.60. The van der Waals surface area contributed by atoms with Crippen molar-refractivity contribution in [2.75, 3.05) is 25.5 Å². The van der Waals surface area contributed by atoms with Crippen molar-refractivity contribution in [2.45, 2.75) is 25.2 Å². The normalized spacial score (nSPS) is 17.2. The number of carbonyl (C=O) groups is 2. The van der Waals surface area contributed by atoms with E-state index >= 15 is 0 Å². The van der Waals surface area contributed by atoms with Crippen LogP contribution in [0, 0.1) is 5.41 Å². The summed E-state index contributed by atoms with van der Waals surface area (Å²) in [6, 6.07) is 0.553. The van der Waals surface area contributed by atoms with Gasteiger partial charge in [0.1, 0.15) is 5.75 Å². The molecule has 10 nitrogen and oxygen atoms in total. The summed E-state index contributed by atoms with van der Waals surface area (Å²) in [7, 11) is 1.63. The van der Waals surface area contributed by atoms with E-state index in [2.05, 4.69) is 25.1 Å². The minimum absolute atomic E-state index is 0.0297. The Labute approximate surface area is 191 Å². The molecule has 4 heterocycles. The maximum Gasteiger partial charge on any atom is 0.573 e. The van der Waals surface area contributed by atoms with Gasteiger partial charge in [0.2, 0.25) is 0 Å². The molecule has 0 bridgehead atoms. The molecular formula is C21H20F3N7O3. The smallest absolute Gasteiger partial charge is 0.404 e. The third-order valence-electron chi connectivity index (χ3n) is 6.30. The number of carbonyl (C=O) groups excluding carboxylic acids is 2. The van der Waals surface area contributed by atoms with Crippen molar-refractivity contribution in [3.05, 3.63) is 48.8 Å². The molecule has 13 heteroatoms. The summed E-state index contributed by atoms with van der Waals surface area (Å²) < 4.78 is 42.6. The Morgan fingerprint density at radius 2 is 1.94 bits per heavy atom. The number of alkyl halides is 3. The predicted molar refractivity (Wildman–Crippen MR) is 112 cm³/mol. The number of ether oxygens (including phenoxy) is 1. The summed E-state index contributed by atoms with van der Waals surface area (Å²) in [5.41, 5.74) is 1.21. The fraction of sp³-hybridized carbons (Fsp3) is 0.381. The molecule has 0 unspecified atom stereocenters. The summed E-state index contributed by atoms with van der Waals surface area (Å²) in [6.45, 7) is 1.19. The van der Waals surface area contributed by atoms with E-state index in [-0.39, 0.29) is 23.1 Å². The van der Waals surface area contributed by atoms with E-state index in [4.69, 9.17) is 0 Å². The zero-order chi connectivity index (χ0) is 24.1. The van der Waals surface area contributed by atoms with Gasteiger partial charge in [-0.1, -0.05) is 0 Å². The van der Waals surface area contributed by atoms with Crippen LogP contribution >= 0.6 is 0 Å². The Morgan fingerprint density at radius 3 is 2.68 bits per heavy atom. The van der Waals surface area contributed by atoms with Gasteiger partial charge in [-0.25, -0.2) is 9.31 Å². The largest absolute Gasteiger partial charge is 0.573 e. The molecule has 1 N–H and O–H groups in total. The molecule has 1 spiro atoms. The third-order valence-corrected chi connectivity index (χ3v) is 6.30. The molecule has 1 aliphatic heterocycles. The lowest BCUT2D eigenvalue weighted by Gasteiger charge is -2.60. The first kappa shape index (κ1) is 21.9.